The van der Waals surface area contributed by atoms with Gasteiger partial charge < -0.3 is 19.4 Å². The van der Waals surface area contributed by atoms with E-state index in [4.69, 9.17) is 9.47 Å². The molecule has 3 aromatic rings. The molecule has 1 saturated carbocycles. The molecule has 5 nitrogen and oxygen atoms in total. The molecule has 1 aliphatic carbocycles. The van der Waals surface area contributed by atoms with E-state index in [0.29, 0.717) is 22.7 Å². The third-order valence-corrected chi connectivity index (χ3v) is 5.16. The predicted molar refractivity (Wildman–Crippen MR) is 107 cm³/mol. The summed E-state index contributed by atoms with van der Waals surface area (Å²) in [4.78, 5) is 12.9. The predicted octanol–water partition coefficient (Wildman–Crippen LogP) is 4.76. The Labute approximate surface area is 158 Å². The van der Waals surface area contributed by atoms with Crippen LogP contribution in [0.1, 0.15) is 36.0 Å². The van der Waals surface area contributed by atoms with Gasteiger partial charge >= 0.3 is 0 Å². The monoisotopic (exact) mass is 364 g/mol. The minimum atomic E-state index is -0.135. The lowest BCUT2D eigenvalue weighted by Crippen LogP contribution is -2.14. The van der Waals surface area contributed by atoms with Crippen molar-refractivity contribution >= 4 is 22.5 Å². The maximum Gasteiger partial charge on any atom is 0.257 e. The van der Waals surface area contributed by atoms with Crippen molar-refractivity contribution in [2.24, 2.45) is 7.05 Å². The van der Waals surface area contributed by atoms with Crippen molar-refractivity contribution in [3.05, 3.63) is 54.2 Å². The van der Waals surface area contributed by atoms with Gasteiger partial charge in [-0.2, -0.15) is 0 Å². The maximum atomic E-state index is 12.9. The number of benzene rings is 2. The van der Waals surface area contributed by atoms with Crippen LogP contribution in [0.2, 0.25) is 0 Å². The number of hydrogen-bond acceptors (Lipinski definition) is 3. The lowest BCUT2D eigenvalue weighted by molar-refractivity contribution is 0.102. The first-order valence-electron chi connectivity index (χ1n) is 9.36. The molecule has 5 heteroatoms. The van der Waals surface area contributed by atoms with Gasteiger partial charge in [-0.05, 0) is 43.9 Å². The summed E-state index contributed by atoms with van der Waals surface area (Å²) in [6.07, 6.45) is 6.61. The lowest BCUT2D eigenvalue weighted by atomic mass is 10.1. The van der Waals surface area contributed by atoms with Crippen LogP contribution in [-0.4, -0.2) is 23.7 Å². The first kappa shape index (κ1) is 17.5. The number of amides is 1. The van der Waals surface area contributed by atoms with E-state index < -0.39 is 0 Å². The van der Waals surface area contributed by atoms with Gasteiger partial charge in [-0.3, -0.25) is 4.79 Å². The quantitative estimate of drug-likeness (QED) is 0.710. The molecule has 1 heterocycles. The number of carbonyl (C=O) groups is 1. The van der Waals surface area contributed by atoms with Crippen LogP contribution in [0, 0.1) is 0 Å². The molecule has 1 aliphatic rings. The molecule has 1 fully saturated rings. The number of nitrogens with one attached hydrogen (secondary N) is 1. The van der Waals surface area contributed by atoms with Crippen molar-refractivity contribution < 1.29 is 14.3 Å². The molecular formula is C22H24N2O3. The standard InChI is InChI=1S/C22H24N2O3/c1-24-14-18(17-9-5-6-10-19(17)24)22(25)23-15-11-12-20(26-2)21(13-15)27-16-7-3-4-8-16/h5-6,9-14,16H,3-4,7-8H2,1-2H3,(H,23,25). The summed E-state index contributed by atoms with van der Waals surface area (Å²) in [5.41, 5.74) is 2.38. The van der Waals surface area contributed by atoms with Crippen LogP contribution in [-0.2, 0) is 7.05 Å². The van der Waals surface area contributed by atoms with E-state index in [-0.39, 0.29) is 12.0 Å². The van der Waals surface area contributed by atoms with Crippen molar-refractivity contribution in [2.45, 2.75) is 31.8 Å². The molecule has 0 unspecified atom stereocenters. The fraction of sp³-hybridized carbons (Fsp3) is 0.318. The Bertz CT molecular complexity index is 971. The number of nitrogens with zero attached hydrogens (tertiary/aromatic N) is 1. The summed E-state index contributed by atoms with van der Waals surface area (Å²) in [7, 11) is 3.57. The second-order valence-electron chi connectivity index (χ2n) is 7.01. The molecule has 140 valence electrons. The molecule has 0 saturated heterocycles. The highest BCUT2D eigenvalue weighted by molar-refractivity contribution is 6.13. The van der Waals surface area contributed by atoms with Gasteiger partial charge in [0.2, 0.25) is 0 Å². The van der Waals surface area contributed by atoms with Crippen LogP contribution >= 0.6 is 0 Å². The van der Waals surface area contributed by atoms with E-state index in [9.17, 15) is 4.79 Å². The van der Waals surface area contributed by atoms with Gasteiger partial charge in [-0.25, -0.2) is 0 Å². The summed E-state index contributed by atoms with van der Waals surface area (Å²) in [6, 6.07) is 13.4. The van der Waals surface area contributed by atoms with Crippen LogP contribution in [0.25, 0.3) is 10.9 Å². The summed E-state index contributed by atoms with van der Waals surface area (Å²) >= 11 is 0. The Kier molecular flexibility index (Phi) is 4.75. The smallest absolute Gasteiger partial charge is 0.257 e. The molecule has 4 rings (SSSR count). The van der Waals surface area contributed by atoms with E-state index in [0.717, 1.165) is 23.7 Å². The van der Waals surface area contributed by atoms with Crippen LogP contribution < -0.4 is 14.8 Å². The SMILES string of the molecule is COc1ccc(NC(=O)c2cn(C)c3ccccc23)cc1OC1CCCC1. The van der Waals surface area contributed by atoms with Gasteiger partial charge in [0.25, 0.3) is 5.91 Å². The number of hydrogen-bond donors (Lipinski definition) is 1. The molecule has 0 atom stereocenters. The molecule has 0 radical (unpaired) electrons. The van der Waals surface area contributed by atoms with Gasteiger partial charge in [0.1, 0.15) is 0 Å². The minimum absolute atomic E-state index is 0.135. The number of aromatic nitrogens is 1. The summed E-state index contributed by atoms with van der Waals surface area (Å²) in [5.74, 6) is 1.23. The minimum Gasteiger partial charge on any atom is -0.493 e. The Morgan fingerprint density at radius 3 is 2.67 bits per heavy atom. The van der Waals surface area contributed by atoms with E-state index in [1.54, 1.807) is 7.11 Å². The Morgan fingerprint density at radius 1 is 1.11 bits per heavy atom. The lowest BCUT2D eigenvalue weighted by Gasteiger charge is -2.17. The van der Waals surface area contributed by atoms with Crippen molar-refractivity contribution in [2.75, 3.05) is 12.4 Å². The molecule has 0 bridgehead atoms. The van der Waals surface area contributed by atoms with Gasteiger partial charge in [0.15, 0.2) is 11.5 Å². The van der Waals surface area contributed by atoms with Crippen molar-refractivity contribution in [3.8, 4) is 11.5 Å². The summed E-state index contributed by atoms with van der Waals surface area (Å²) < 4.78 is 13.5. The number of para-hydroxylation sites is 1. The Balaban J connectivity index is 1.58. The maximum absolute atomic E-state index is 12.9. The fourth-order valence-electron chi connectivity index (χ4n) is 3.75. The van der Waals surface area contributed by atoms with Gasteiger partial charge in [-0.1, -0.05) is 18.2 Å². The molecule has 1 aromatic heterocycles. The second kappa shape index (κ2) is 7.35. The average Bonchev–Trinajstić information content (AvgIpc) is 3.30. The Morgan fingerprint density at radius 2 is 1.89 bits per heavy atom. The number of rotatable bonds is 5. The highest BCUT2D eigenvalue weighted by atomic mass is 16.5. The van der Waals surface area contributed by atoms with Crippen LogP contribution in [0.3, 0.4) is 0 Å². The van der Waals surface area contributed by atoms with E-state index in [2.05, 4.69) is 5.32 Å². The summed E-state index contributed by atoms with van der Waals surface area (Å²) in [6.45, 7) is 0. The zero-order chi connectivity index (χ0) is 18.8. The third-order valence-electron chi connectivity index (χ3n) is 5.16. The normalized spacial score (nSPS) is 14.4. The molecule has 27 heavy (non-hydrogen) atoms. The molecule has 2 aromatic carbocycles. The molecule has 1 amide bonds. The van der Waals surface area contributed by atoms with Gasteiger partial charge in [0.05, 0.1) is 18.8 Å². The zero-order valence-corrected chi connectivity index (χ0v) is 15.7. The summed E-state index contributed by atoms with van der Waals surface area (Å²) in [5, 5.41) is 3.93. The van der Waals surface area contributed by atoms with Crippen molar-refractivity contribution in [3.63, 3.8) is 0 Å². The largest absolute Gasteiger partial charge is 0.493 e. The van der Waals surface area contributed by atoms with Gasteiger partial charge in [0, 0.05) is 35.9 Å². The fourth-order valence-corrected chi connectivity index (χ4v) is 3.75. The number of fused-ring (bicyclic) bond motifs is 1. The highest BCUT2D eigenvalue weighted by Gasteiger charge is 2.19. The number of anilines is 1. The highest BCUT2D eigenvalue weighted by Crippen LogP contribution is 2.34. The topological polar surface area (TPSA) is 52.5 Å². The Hall–Kier alpha value is -2.95. The first-order chi connectivity index (χ1) is 13.2. The number of methoxy groups -OCH3 is 1. The van der Waals surface area contributed by atoms with E-state index >= 15 is 0 Å². The second-order valence-corrected chi connectivity index (χ2v) is 7.01. The molecule has 1 N–H and O–H groups in total. The number of ether oxygens (including phenoxy) is 2. The van der Waals surface area contributed by atoms with Gasteiger partial charge in [-0.15, -0.1) is 0 Å². The van der Waals surface area contributed by atoms with Crippen molar-refractivity contribution in [1.82, 2.24) is 4.57 Å². The van der Waals surface area contributed by atoms with E-state index in [1.165, 1.54) is 12.8 Å². The number of aryl methyl sites for hydroxylation is 1. The van der Waals surface area contributed by atoms with Crippen LogP contribution in [0.5, 0.6) is 11.5 Å². The molecule has 0 aliphatic heterocycles. The van der Waals surface area contributed by atoms with Crippen LogP contribution in [0.15, 0.2) is 48.7 Å². The molecular weight excluding hydrogens is 340 g/mol. The van der Waals surface area contributed by atoms with E-state index in [1.807, 2.05) is 60.3 Å². The third kappa shape index (κ3) is 3.50. The average molecular weight is 364 g/mol. The zero-order valence-electron chi connectivity index (χ0n) is 15.7. The molecule has 0 spiro atoms. The first-order valence-corrected chi connectivity index (χ1v) is 9.36. The van der Waals surface area contributed by atoms with Crippen molar-refractivity contribution in [1.29, 1.82) is 0 Å². The number of carbonyl (C=O) groups excluding carboxylic acids is 1. The van der Waals surface area contributed by atoms with Crippen LogP contribution in [0.4, 0.5) is 5.69 Å².